The van der Waals surface area contributed by atoms with Crippen molar-refractivity contribution in [3.63, 3.8) is 0 Å². The van der Waals surface area contributed by atoms with Gasteiger partial charge in [0, 0.05) is 24.4 Å². The lowest BCUT2D eigenvalue weighted by atomic mass is 10.1. The van der Waals surface area contributed by atoms with Crippen molar-refractivity contribution in [1.82, 2.24) is 10.1 Å². The maximum atomic E-state index is 14.1. The highest BCUT2D eigenvalue weighted by Crippen LogP contribution is 2.27. The predicted octanol–water partition coefficient (Wildman–Crippen LogP) is 4.98. The third kappa shape index (κ3) is 4.64. The van der Waals surface area contributed by atoms with Gasteiger partial charge in [-0.1, -0.05) is 17.3 Å². The van der Waals surface area contributed by atoms with E-state index in [-0.39, 0.29) is 17.6 Å². The van der Waals surface area contributed by atoms with Gasteiger partial charge in [-0.05, 0) is 42.5 Å². The first kappa shape index (κ1) is 20.9. The Morgan fingerprint density at radius 1 is 1.09 bits per heavy atom. The summed E-state index contributed by atoms with van der Waals surface area (Å²) in [5.41, 5.74) is 2.22. The Hall–Kier alpha value is -3.95. The Kier molecular flexibility index (Phi) is 5.20. The van der Waals surface area contributed by atoms with E-state index in [1.165, 1.54) is 30.3 Å². The Labute approximate surface area is 185 Å². The molecule has 1 aromatic heterocycles. The minimum Gasteiger partial charge on any atom is -0.406 e. The monoisotopic (exact) mass is 456 g/mol. The van der Waals surface area contributed by atoms with Crippen molar-refractivity contribution in [2.75, 3.05) is 6.54 Å². The van der Waals surface area contributed by atoms with Gasteiger partial charge in [0.25, 0.3) is 0 Å². The smallest absolute Gasteiger partial charge is 0.406 e. The Morgan fingerprint density at radius 2 is 1.88 bits per heavy atom. The molecule has 168 valence electrons. The van der Waals surface area contributed by atoms with Gasteiger partial charge in [-0.3, -0.25) is 4.99 Å². The van der Waals surface area contributed by atoms with E-state index in [2.05, 4.69) is 19.9 Å². The van der Waals surface area contributed by atoms with E-state index in [1.54, 1.807) is 24.3 Å². The number of amidine groups is 1. The molecule has 0 bridgehead atoms. The van der Waals surface area contributed by atoms with Gasteiger partial charge in [0.2, 0.25) is 0 Å². The van der Waals surface area contributed by atoms with Crippen LogP contribution in [-0.4, -0.2) is 40.6 Å². The molecule has 0 aliphatic carbocycles. The number of hydrogen-bond acceptors (Lipinski definition) is 6. The van der Waals surface area contributed by atoms with Gasteiger partial charge in [0.15, 0.2) is 11.6 Å². The average molecular weight is 456 g/mol. The molecule has 0 spiro atoms. The van der Waals surface area contributed by atoms with Crippen LogP contribution in [-0.2, 0) is 6.54 Å². The summed E-state index contributed by atoms with van der Waals surface area (Å²) in [5, 5.41) is 4.00. The first-order valence-electron chi connectivity index (χ1n) is 9.99. The Morgan fingerprint density at radius 3 is 2.64 bits per heavy atom. The second-order valence-corrected chi connectivity index (χ2v) is 7.48. The Balaban J connectivity index is 1.25. The number of aliphatic imine (C=N–C) groups is 2. The molecule has 0 fully saturated rings. The highest BCUT2D eigenvalue weighted by molar-refractivity contribution is 6.17. The first-order valence-corrected chi connectivity index (χ1v) is 9.99. The molecule has 3 aromatic rings. The number of alkyl halides is 3. The summed E-state index contributed by atoms with van der Waals surface area (Å²) in [6.07, 6.45) is -1.04. The molecule has 2 aliphatic heterocycles. The molecule has 6 nitrogen and oxygen atoms in total. The zero-order valence-electron chi connectivity index (χ0n) is 17.0. The Bertz CT molecular complexity index is 1260. The molecule has 2 aliphatic rings. The van der Waals surface area contributed by atoms with Crippen molar-refractivity contribution in [3.05, 3.63) is 84.0 Å². The minimum absolute atomic E-state index is 0.215. The van der Waals surface area contributed by atoms with Crippen molar-refractivity contribution >= 4 is 11.5 Å². The average Bonchev–Trinajstić information content (AvgIpc) is 3.40. The van der Waals surface area contributed by atoms with E-state index in [4.69, 9.17) is 4.52 Å². The van der Waals surface area contributed by atoms with Crippen molar-refractivity contribution in [2.45, 2.75) is 18.9 Å². The molecule has 0 saturated heterocycles. The standard InChI is InChI=1S/C23H16F4N4O2/c24-18-4-2-1-3-17(18)22-28-19-9-10-31(13-21(19)29-22)12-16-11-20(30-33-16)14-5-7-15(8-6-14)32-23(25,26)27/h1-11,21H,12-13H2. The van der Waals surface area contributed by atoms with Crippen LogP contribution in [0.4, 0.5) is 17.6 Å². The minimum atomic E-state index is -4.74. The molecule has 0 radical (unpaired) electrons. The topological polar surface area (TPSA) is 63.2 Å². The van der Waals surface area contributed by atoms with Crippen LogP contribution in [0, 0.1) is 5.82 Å². The lowest BCUT2D eigenvalue weighted by Gasteiger charge is -2.25. The quantitative estimate of drug-likeness (QED) is 0.508. The number of ether oxygens (including phenoxy) is 1. The molecule has 0 saturated carbocycles. The van der Waals surface area contributed by atoms with Gasteiger partial charge in [0.05, 0.1) is 17.8 Å². The predicted molar refractivity (Wildman–Crippen MR) is 112 cm³/mol. The fraction of sp³-hybridized carbons (Fsp3) is 0.174. The second kappa shape index (κ2) is 8.19. The van der Waals surface area contributed by atoms with Crippen LogP contribution >= 0.6 is 0 Å². The summed E-state index contributed by atoms with van der Waals surface area (Å²) in [6, 6.07) is 13.3. The number of fused-ring (bicyclic) bond motifs is 1. The number of hydrogen-bond donors (Lipinski definition) is 0. The number of halogens is 4. The van der Waals surface area contributed by atoms with Crippen LogP contribution in [0.1, 0.15) is 11.3 Å². The molecule has 0 N–H and O–H groups in total. The largest absolute Gasteiger partial charge is 0.573 e. The van der Waals surface area contributed by atoms with Crippen molar-refractivity contribution < 1.29 is 26.8 Å². The summed E-state index contributed by atoms with van der Waals surface area (Å²) >= 11 is 0. The molecule has 3 heterocycles. The van der Waals surface area contributed by atoms with Gasteiger partial charge in [-0.2, -0.15) is 0 Å². The van der Waals surface area contributed by atoms with Crippen molar-refractivity contribution in [3.8, 4) is 17.0 Å². The summed E-state index contributed by atoms with van der Waals surface area (Å²) < 4.78 is 60.3. The number of rotatable bonds is 5. The van der Waals surface area contributed by atoms with Crippen molar-refractivity contribution in [1.29, 1.82) is 0 Å². The molecule has 33 heavy (non-hydrogen) atoms. The zero-order valence-corrected chi connectivity index (χ0v) is 17.0. The van der Waals surface area contributed by atoms with E-state index in [0.717, 1.165) is 5.71 Å². The summed E-state index contributed by atoms with van der Waals surface area (Å²) in [7, 11) is 0. The molecule has 1 atom stereocenters. The molecular weight excluding hydrogens is 440 g/mol. The summed E-state index contributed by atoms with van der Waals surface area (Å²) in [4.78, 5) is 11.0. The van der Waals surface area contributed by atoms with E-state index >= 15 is 0 Å². The summed E-state index contributed by atoms with van der Waals surface area (Å²) in [5.74, 6) is 0.270. The molecule has 10 heteroatoms. The molecule has 1 unspecified atom stereocenters. The van der Waals surface area contributed by atoms with Crippen LogP contribution < -0.4 is 4.74 Å². The van der Waals surface area contributed by atoms with Crippen LogP contribution in [0.2, 0.25) is 0 Å². The van der Waals surface area contributed by atoms with E-state index in [9.17, 15) is 17.6 Å². The lowest BCUT2D eigenvalue weighted by molar-refractivity contribution is -0.274. The molecule has 2 aromatic carbocycles. The van der Waals surface area contributed by atoms with Crippen LogP contribution in [0.15, 0.2) is 81.4 Å². The third-order valence-corrected chi connectivity index (χ3v) is 5.13. The molecular formula is C23H16F4N4O2. The van der Waals surface area contributed by atoms with Gasteiger partial charge in [0.1, 0.15) is 23.3 Å². The van der Waals surface area contributed by atoms with E-state index in [1.807, 2.05) is 17.2 Å². The number of aromatic nitrogens is 1. The van der Waals surface area contributed by atoms with Gasteiger partial charge in [-0.25, -0.2) is 9.38 Å². The van der Waals surface area contributed by atoms with Crippen LogP contribution in [0.25, 0.3) is 11.3 Å². The van der Waals surface area contributed by atoms with Gasteiger partial charge in [-0.15, -0.1) is 13.2 Å². The number of nitrogens with zero attached hydrogens (tertiary/aromatic N) is 4. The maximum Gasteiger partial charge on any atom is 0.573 e. The normalized spacial score (nSPS) is 17.6. The molecule has 5 rings (SSSR count). The SMILES string of the molecule is Fc1ccccc1C1=NC2CN(Cc3cc(-c4ccc(OC(F)(F)F)cc4)no3)C=CC2=N1. The van der Waals surface area contributed by atoms with E-state index < -0.39 is 6.36 Å². The zero-order chi connectivity index (χ0) is 23.0. The van der Waals surface area contributed by atoms with Crippen molar-refractivity contribution in [2.24, 2.45) is 9.98 Å². The highest BCUT2D eigenvalue weighted by atomic mass is 19.4. The summed E-state index contributed by atoms with van der Waals surface area (Å²) in [6.45, 7) is 0.944. The fourth-order valence-electron chi connectivity index (χ4n) is 3.63. The third-order valence-electron chi connectivity index (χ3n) is 5.13. The number of benzene rings is 2. The first-order chi connectivity index (χ1) is 15.8. The van der Waals surface area contributed by atoms with Crippen LogP contribution in [0.5, 0.6) is 5.75 Å². The van der Waals surface area contributed by atoms with Gasteiger partial charge < -0.3 is 14.2 Å². The van der Waals surface area contributed by atoms with Gasteiger partial charge >= 0.3 is 6.36 Å². The molecule has 0 amide bonds. The van der Waals surface area contributed by atoms with E-state index in [0.29, 0.717) is 41.5 Å². The second-order valence-electron chi connectivity index (χ2n) is 7.48. The van der Waals surface area contributed by atoms with Crippen LogP contribution in [0.3, 0.4) is 0 Å². The highest BCUT2D eigenvalue weighted by Gasteiger charge is 2.31. The maximum absolute atomic E-state index is 14.1. The fourth-order valence-corrected chi connectivity index (χ4v) is 3.63. The lowest BCUT2D eigenvalue weighted by Crippen LogP contribution is -2.34.